The molecule has 0 aromatic heterocycles. The van der Waals surface area contributed by atoms with Gasteiger partial charge in [-0.2, -0.15) is 23.5 Å². The summed E-state index contributed by atoms with van der Waals surface area (Å²) in [5, 5.41) is 16.3. The minimum absolute atomic E-state index is 0.149. The number of amides is 1. The van der Waals surface area contributed by atoms with Gasteiger partial charge in [0.1, 0.15) is 11.9 Å². The molecule has 1 aliphatic rings. The highest BCUT2D eigenvalue weighted by Crippen LogP contribution is 2.35. The third kappa shape index (κ3) is 8.73. The number of carboxylic acids is 1. The van der Waals surface area contributed by atoms with Crippen molar-refractivity contribution < 1.29 is 19.1 Å². The summed E-state index contributed by atoms with van der Waals surface area (Å²) in [7, 11) is 0. The lowest BCUT2D eigenvalue weighted by molar-refractivity contribution is -0.139. The van der Waals surface area contributed by atoms with Gasteiger partial charge in [-0.25, -0.2) is 9.18 Å². The first-order chi connectivity index (χ1) is 18.8. The second-order valence-corrected chi connectivity index (χ2v) is 12.9. The molecular weight excluding hydrogens is 531 g/mol. The molecule has 0 saturated heterocycles. The van der Waals surface area contributed by atoms with Crippen LogP contribution in [0.5, 0.6) is 0 Å². The molecule has 3 atom stereocenters. The number of carbonyl (C=O) groups excluding carboxylic acids is 1. The zero-order valence-electron chi connectivity index (χ0n) is 23.6. The Labute approximate surface area is 241 Å². The Kier molecular flexibility index (Phi) is 12.7. The third-order valence-corrected chi connectivity index (χ3v) is 9.82. The van der Waals surface area contributed by atoms with Gasteiger partial charge in [0.25, 0.3) is 5.91 Å². The summed E-state index contributed by atoms with van der Waals surface area (Å²) in [4.78, 5) is 25.1. The van der Waals surface area contributed by atoms with Gasteiger partial charge in [0.15, 0.2) is 0 Å². The highest BCUT2D eigenvalue weighted by molar-refractivity contribution is 7.99. The molecule has 1 saturated carbocycles. The molecular formula is C31H43FN2O3S2. The van der Waals surface area contributed by atoms with E-state index in [0.29, 0.717) is 41.0 Å². The van der Waals surface area contributed by atoms with Gasteiger partial charge in [-0.1, -0.05) is 50.5 Å². The normalized spacial score (nSPS) is 16.4. The maximum absolute atomic E-state index is 15.5. The van der Waals surface area contributed by atoms with Crippen molar-refractivity contribution in [2.24, 2.45) is 5.92 Å². The highest BCUT2D eigenvalue weighted by atomic mass is 32.2. The first kappa shape index (κ1) is 31.5. The zero-order chi connectivity index (χ0) is 28.4. The number of hydrogen-bond acceptors (Lipinski definition) is 5. The summed E-state index contributed by atoms with van der Waals surface area (Å²) in [6, 6.07) is 9.89. The molecule has 0 spiro atoms. The largest absolute Gasteiger partial charge is 0.480 e. The van der Waals surface area contributed by atoms with Crippen LogP contribution in [0, 0.1) is 18.7 Å². The average molecular weight is 575 g/mol. The molecule has 2 aromatic rings. The Morgan fingerprint density at radius 2 is 1.85 bits per heavy atom. The third-order valence-electron chi connectivity index (χ3n) is 7.66. The zero-order valence-corrected chi connectivity index (χ0v) is 25.2. The van der Waals surface area contributed by atoms with E-state index in [1.165, 1.54) is 49.9 Å². The van der Waals surface area contributed by atoms with Crippen molar-refractivity contribution in [3.8, 4) is 11.1 Å². The predicted molar refractivity (Wildman–Crippen MR) is 163 cm³/mol. The van der Waals surface area contributed by atoms with E-state index in [1.807, 2.05) is 49.2 Å². The summed E-state index contributed by atoms with van der Waals surface area (Å²) < 4.78 is 15.5. The molecule has 0 heterocycles. The molecule has 3 rings (SSSR count). The van der Waals surface area contributed by atoms with Crippen LogP contribution in [0.25, 0.3) is 11.1 Å². The van der Waals surface area contributed by atoms with E-state index in [-0.39, 0.29) is 11.6 Å². The van der Waals surface area contributed by atoms with Crippen LogP contribution in [0.15, 0.2) is 36.4 Å². The smallest absolute Gasteiger partial charge is 0.326 e. The summed E-state index contributed by atoms with van der Waals surface area (Å²) in [5.41, 5.74) is 3.04. The fraction of sp³-hybridized carbons (Fsp3) is 0.548. The van der Waals surface area contributed by atoms with Crippen LogP contribution in [0.1, 0.15) is 73.9 Å². The van der Waals surface area contributed by atoms with Crippen LogP contribution in [-0.4, -0.2) is 52.1 Å². The summed E-state index contributed by atoms with van der Waals surface area (Å²) in [6.07, 6.45) is 8.59. The molecule has 3 N–H and O–H groups in total. The molecule has 1 fully saturated rings. The quantitative estimate of drug-likeness (QED) is 0.227. The van der Waals surface area contributed by atoms with Crippen molar-refractivity contribution in [3.05, 3.63) is 58.9 Å². The monoisotopic (exact) mass is 574 g/mol. The lowest BCUT2D eigenvalue weighted by Crippen LogP contribution is -2.41. The molecule has 2 unspecified atom stereocenters. The number of carboxylic acid groups (broad SMARTS) is 1. The lowest BCUT2D eigenvalue weighted by atomic mass is 9.84. The summed E-state index contributed by atoms with van der Waals surface area (Å²) in [5.74, 6) is 0.185. The van der Waals surface area contributed by atoms with Gasteiger partial charge in [-0.15, -0.1) is 0 Å². The average Bonchev–Trinajstić information content (AvgIpc) is 2.93. The van der Waals surface area contributed by atoms with Gasteiger partial charge >= 0.3 is 5.97 Å². The second-order valence-electron chi connectivity index (χ2n) is 10.4. The van der Waals surface area contributed by atoms with Gasteiger partial charge in [-0.05, 0) is 85.6 Å². The Morgan fingerprint density at radius 3 is 2.49 bits per heavy atom. The van der Waals surface area contributed by atoms with Crippen LogP contribution in [0.4, 0.5) is 4.39 Å². The highest BCUT2D eigenvalue weighted by Gasteiger charge is 2.29. The van der Waals surface area contributed by atoms with E-state index in [0.717, 1.165) is 16.9 Å². The van der Waals surface area contributed by atoms with Crippen LogP contribution in [0.2, 0.25) is 0 Å². The van der Waals surface area contributed by atoms with Crippen LogP contribution < -0.4 is 10.6 Å². The van der Waals surface area contributed by atoms with Gasteiger partial charge in [0, 0.05) is 23.4 Å². The molecule has 5 nitrogen and oxygen atoms in total. The number of halogens is 1. The molecule has 8 heteroatoms. The maximum Gasteiger partial charge on any atom is 0.326 e. The summed E-state index contributed by atoms with van der Waals surface area (Å²) in [6.45, 7) is 6.70. The molecule has 0 aliphatic heterocycles. The van der Waals surface area contributed by atoms with Crippen LogP contribution >= 0.6 is 23.5 Å². The van der Waals surface area contributed by atoms with E-state index in [4.69, 9.17) is 0 Å². The van der Waals surface area contributed by atoms with E-state index in [1.54, 1.807) is 6.07 Å². The van der Waals surface area contributed by atoms with Crippen molar-refractivity contribution in [2.75, 3.05) is 17.8 Å². The second kappa shape index (κ2) is 15.7. The van der Waals surface area contributed by atoms with Crippen molar-refractivity contribution in [2.45, 2.75) is 83.2 Å². The van der Waals surface area contributed by atoms with Crippen LogP contribution in [0.3, 0.4) is 0 Å². The Hall–Kier alpha value is -2.03. The number of aliphatic carboxylic acids is 1. The Balaban J connectivity index is 1.89. The summed E-state index contributed by atoms with van der Waals surface area (Å²) >= 11 is 3.51. The van der Waals surface area contributed by atoms with Crippen molar-refractivity contribution in [1.82, 2.24) is 10.6 Å². The van der Waals surface area contributed by atoms with Crippen molar-refractivity contribution >= 4 is 35.4 Å². The fourth-order valence-electron chi connectivity index (χ4n) is 5.50. The molecule has 0 bridgehead atoms. The number of benzene rings is 2. The number of rotatable bonds is 14. The number of nitrogens with one attached hydrogen (secondary N) is 2. The Morgan fingerprint density at radius 1 is 1.13 bits per heavy atom. The van der Waals surface area contributed by atoms with E-state index < -0.39 is 23.7 Å². The van der Waals surface area contributed by atoms with Crippen molar-refractivity contribution in [1.29, 1.82) is 0 Å². The molecule has 214 valence electrons. The standard InChI is InChI=1S/C31H43FN2O3S2/c1-5-39-29(22-12-7-6-8-13-22)21(3)33-19-23-17-25(24-14-10-9-11-20(24)2)26(18-27(23)32)30(35)34-28(31(36)37)15-16-38-4/h9-11,14,17-18,21-22,28-29,33H,5-8,12-13,15-16,19H2,1-4H3,(H,34,35)(H,36,37)/t21?,28-,29?/m0/s1. The predicted octanol–water partition coefficient (Wildman–Crippen LogP) is 6.92. The van der Waals surface area contributed by atoms with E-state index in [9.17, 15) is 14.7 Å². The molecule has 2 aromatic carbocycles. The Bertz CT molecular complexity index is 1110. The van der Waals surface area contributed by atoms with Gasteiger partial charge in [0.2, 0.25) is 0 Å². The first-order valence-corrected chi connectivity index (χ1v) is 16.5. The first-order valence-electron chi connectivity index (χ1n) is 14.0. The van der Waals surface area contributed by atoms with Gasteiger partial charge < -0.3 is 15.7 Å². The number of aryl methyl sites for hydroxylation is 1. The van der Waals surface area contributed by atoms with Gasteiger partial charge in [0.05, 0.1) is 5.56 Å². The minimum atomic E-state index is -1.09. The fourth-order valence-corrected chi connectivity index (χ4v) is 7.28. The lowest BCUT2D eigenvalue weighted by Gasteiger charge is -2.34. The molecule has 39 heavy (non-hydrogen) atoms. The van der Waals surface area contributed by atoms with E-state index in [2.05, 4.69) is 24.5 Å². The van der Waals surface area contributed by atoms with Crippen LogP contribution in [-0.2, 0) is 11.3 Å². The van der Waals surface area contributed by atoms with E-state index >= 15 is 4.39 Å². The molecule has 1 amide bonds. The van der Waals surface area contributed by atoms with Crippen molar-refractivity contribution in [3.63, 3.8) is 0 Å². The maximum atomic E-state index is 15.5. The number of thioether (sulfide) groups is 2. The topological polar surface area (TPSA) is 78.4 Å². The van der Waals surface area contributed by atoms with Gasteiger partial charge in [-0.3, -0.25) is 4.79 Å². The SMILES string of the molecule is CCSC(C1CCCCC1)C(C)NCc1cc(-c2ccccc2C)c(C(=O)N[C@@H](CCSC)C(=O)O)cc1F. The molecule has 1 aliphatic carbocycles. The number of hydrogen-bond donors (Lipinski definition) is 3. The molecule has 0 radical (unpaired) electrons. The minimum Gasteiger partial charge on any atom is -0.480 e. The number of carbonyl (C=O) groups is 2.